The number of amides is 1. The lowest BCUT2D eigenvalue weighted by Crippen LogP contribution is -2.43. The van der Waals surface area contributed by atoms with Crippen molar-refractivity contribution in [1.82, 2.24) is 14.7 Å². The molecule has 0 unspecified atom stereocenters. The first-order valence-corrected chi connectivity index (χ1v) is 11.0. The van der Waals surface area contributed by atoms with Crippen molar-refractivity contribution in [2.24, 2.45) is 0 Å². The minimum absolute atomic E-state index is 0.0137. The molecule has 2 aromatic carbocycles. The lowest BCUT2D eigenvalue weighted by Gasteiger charge is -2.32. The van der Waals surface area contributed by atoms with Gasteiger partial charge in [0, 0.05) is 57.4 Å². The molecule has 2 aromatic rings. The molecule has 6 nitrogen and oxygen atoms in total. The molecule has 2 heterocycles. The summed E-state index contributed by atoms with van der Waals surface area (Å²) in [4.78, 5) is 19.8. The molecule has 2 aliphatic heterocycles. The Labute approximate surface area is 184 Å². The lowest BCUT2D eigenvalue weighted by molar-refractivity contribution is 0.0748. The predicted molar refractivity (Wildman–Crippen MR) is 121 cm³/mol. The zero-order valence-corrected chi connectivity index (χ0v) is 19.0. The van der Waals surface area contributed by atoms with Crippen LogP contribution in [-0.4, -0.2) is 64.0 Å². The number of hydrogen-bond acceptors (Lipinski definition) is 5. The number of rotatable bonds is 3. The van der Waals surface area contributed by atoms with Crippen LogP contribution in [0.3, 0.4) is 0 Å². The number of carbonyl (C=O) groups excluding carboxylic acids is 1. The van der Waals surface area contributed by atoms with Crippen LogP contribution in [0.25, 0.3) is 0 Å². The summed E-state index contributed by atoms with van der Waals surface area (Å²) in [5.74, 6) is -0.373. The summed E-state index contributed by atoms with van der Waals surface area (Å²) in [5, 5.41) is 20.6. The minimum atomic E-state index is -0.334. The molecule has 0 aliphatic carbocycles. The van der Waals surface area contributed by atoms with Crippen LogP contribution in [0.4, 0.5) is 0 Å². The fraction of sp³-hybridized carbons (Fsp3) is 0.480. The number of hydrogen-bond donors (Lipinski definition) is 2. The van der Waals surface area contributed by atoms with Gasteiger partial charge in [0.2, 0.25) is 0 Å². The molecule has 6 heteroatoms. The number of phenolic OH excluding ortho intramolecular Hbond substituents is 2. The number of likely N-dealkylation sites (N-methyl/N-ethyl adjacent to an activating group) is 1. The molecule has 0 bridgehead atoms. The molecule has 0 atom stereocenters. The van der Waals surface area contributed by atoms with Gasteiger partial charge in [0.05, 0.1) is 5.56 Å². The fourth-order valence-electron chi connectivity index (χ4n) is 4.47. The average Bonchev–Trinajstić information content (AvgIpc) is 3.12. The fourth-order valence-corrected chi connectivity index (χ4v) is 4.47. The largest absolute Gasteiger partial charge is 0.508 e. The molecule has 1 amide bonds. The zero-order chi connectivity index (χ0) is 22.3. The molecule has 4 rings (SSSR count). The molecular weight excluding hydrogens is 390 g/mol. The van der Waals surface area contributed by atoms with Crippen molar-refractivity contribution in [2.75, 3.05) is 33.2 Å². The van der Waals surface area contributed by atoms with E-state index in [1.165, 1.54) is 17.2 Å². The van der Waals surface area contributed by atoms with E-state index >= 15 is 0 Å². The van der Waals surface area contributed by atoms with Gasteiger partial charge in [-0.1, -0.05) is 39.0 Å². The maximum absolute atomic E-state index is 13.2. The van der Waals surface area contributed by atoms with E-state index in [9.17, 15) is 15.0 Å². The van der Waals surface area contributed by atoms with Gasteiger partial charge in [-0.15, -0.1) is 0 Å². The molecule has 166 valence electrons. The average molecular weight is 424 g/mol. The highest BCUT2D eigenvalue weighted by Crippen LogP contribution is 2.37. The quantitative estimate of drug-likeness (QED) is 0.793. The van der Waals surface area contributed by atoms with Gasteiger partial charge < -0.3 is 20.0 Å². The van der Waals surface area contributed by atoms with Crippen molar-refractivity contribution in [3.05, 3.63) is 58.1 Å². The summed E-state index contributed by atoms with van der Waals surface area (Å²) in [7, 11) is 2.16. The van der Waals surface area contributed by atoms with E-state index in [1.807, 2.05) is 20.8 Å². The van der Waals surface area contributed by atoms with Crippen molar-refractivity contribution < 1.29 is 15.0 Å². The summed E-state index contributed by atoms with van der Waals surface area (Å²) in [5.41, 5.74) is 4.17. The molecule has 1 fully saturated rings. The highest BCUT2D eigenvalue weighted by molar-refractivity contribution is 5.97. The smallest absolute Gasteiger partial charge is 0.258 e. The van der Waals surface area contributed by atoms with E-state index in [0.29, 0.717) is 18.7 Å². The molecule has 0 spiro atoms. The van der Waals surface area contributed by atoms with Gasteiger partial charge in [-0.2, -0.15) is 0 Å². The molecule has 2 N–H and O–H groups in total. The van der Waals surface area contributed by atoms with Crippen LogP contribution in [0.15, 0.2) is 30.3 Å². The van der Waals surface area contributed by atoms with Gasteiger partial charge in [-0.25, -0.2) is 0 Å². The third kappa shape index (κ3) is 4.55. The van der Waals surface area contributed by atoms with E-state index < -0.39 is 0 Å². The van der Waals surface area contributed by atoms with Crippen LogP contribution in [0, 0.1) is 0 Å². The summed E-state index contributed by atoms with van der Waals surface area (Å²) >= 11 is 0. The number of phenols is 2. The van der Waals surface area contributed by atoms with Gasteiger partial charge in [0.15, 0.2) is 0 Å². The number of piperazine rings is 1. The zero-order valence-electron chi connectivity index (χ0n) is 19.0. The Morgan fingerprint density at radius 3 is 2.29 bits per heavy atom. The minimum Gasteiger partial charge on any atom is -0.508 e. The van der Waals surface area contributed by atoms with Crippen molar-refractivity contribution in [3.8, 4) is 11.5 Å². The Bertz CT molecular complexity index is 988. The summed E-state index contributed by atoms with van der Waals surface area (Å²) in [6, 6.07) is 9.43. The molecule has 0 radical (unpaired) electrons. The molecule has 2 aliphatic rings. The van der Waals surface area contributed by atoms with Crippen molar-refractivity contribution >= 4 is 5.91 Å². The standard InChI is InChI=1S/C25H33N3O3/c1-25(2,3)21-12-20(22(29)13-23(21)30)24(31)28-15-18-6-5-17(11-19(18)16-28)14-27-9-7-26(4)8-10-27/h5-6,11-13,29-30H,7-10,14-16H2,1-4H3. The van der Waals surface area contributed by atoms with Gasteiger partial charge in [-0.3, -0.25) is 9.69 Å². The van der Waals surface area contributed by atoms with Crippen LogP contribution in [0.1, 0.15) is 53.4 Å². The number of fused-ring (bicyclic) bond motifs is 1. The molecule has 0 aromatic heterocycles. The number of carbonyl (C=O) groups is 1. The van der Waals surface area contributed by atoms with Crippen molar-refractivity contribution in [3.63, 3.8) is 0 Å². The summed E-state index contributed by atoms with van der Waals surface area (Å²) in [6.45, 7) is 12.3. The SMILES string of the molecule is CN1CCN(Cc2ccc3c(c2)CN(C(=O)c2cc(C(C)(C)C)c(O)cc2O)C3)CC1. The maximum Gasteiger partial charge on any atom is 0.258 e. The third-order valence-electron chi connectivity index (χ3n) is 6.43. The molecule has 0 saturated carbocycles. The summed E-state index contributed by atoms with van der Waals surface area (Å²) < 4.78 is 0. The van der Waals surface area contributed by atoms with Gasteiger partial charge in [0.25, 0.3) is 5.91 Å². The van der Waals surface area contributed by atoms with E-state index in [4.69, 9.17) is 0 Å². The second kappa shape index (κ2) is 8.17. The first-order chi connectivity index (χ1) is 14.6. The van der Waals surface area contributed by atoms with Gasteiger partial charge in [-0.05, 0) is 35.2 Å². The number of nitrogens with zero attached hydrogens (tertiary/aromatic N) is 3. The van der Waals surface area contributed by atoms with Crippen LogP contribution in [0.5, 0.6) is 11.5 Å². The number of aromatic hydroxyl groups is 2. The Kier molecular flexibility index (Phi) is 5.71. The number of benzene rings is 2. The maximum atomic E-state index is 13.2. The van der Waals surface area contributed by atoms with Crippen LogP contribution in [0.2, 0.25) is 0 Å². The molecular formula is C25H33N3O3. The van der Waals surface area contributed by atoms with Crippen LogP contribution >= 0.6 is 0 Å². The summed E-state index contributed by atoms with van der Waals surface area (Å²) in [6.07, 6.45) is 0. The second-order valence-corrected chi connectivity index (χ2v) is 9.98. The Morgan fingerprint density at radius 2 is 1.61 bits per heavy atom. The Hall–Kier alpha value is -2.57. The predicted octanol–water partition coefficient (Wildman–Crippen LogP) is 3.30. The van der Waals surface area contributed by atoms with Gasteiger partial charge >= 0.3 is 0 Å². The normalized spacial score (nSPS) is 17.7. The van der Waals surface area contributed by atoms with E-state index in [0.717, 1.165) is 38.3 Å². The van der Waals surface area contributed by atoms with Crippen molar-refractivity contribution in [1.29, 1.82) is 0 Å². The highest BCUT2D eigenvalue weighted by atomic mass is 16.3. The Morgan fingerprint density at radius 1 is 0.935 bits per heavy atom. The second-order valence-electron chi connectivity index (χ2n) is 9.98. The highest BCUT2D eigenvalue weighted by Gasteiger charge is 2.29. The van der Waals surface area contributed by atoms with Crippen molar-refractivity contribution in [2.45, 2.75) is 45.8 Å². The van der Waals surface area contributed by atoms with E-state index in [2.05, 4.69) is 35.0 Å². The monoisotopic (exact) mass is 423 g/mol. The van der Waals surface area contributed by atoms with E-state index in [-0.39, 0.29) is 28.4 Å². The van der Waals surface area contributed by atoms with Crippen LogP contribution < -0.4 is 0 Å². The third-order valence-corrected chi connectivity index (χ3v) is 6.43. The first kappa shape index (κ1) is 21.7. The van der Waals surface area contributed by atoms with Crippen LogP contribution in [-0.2, 0) is 25.0 Å². The van der Waals surface area contributed by atoms with Gasteiger partial charge in [0.1, 0.15) is 11.5 Å². The topological polar surface area (TPSA) is 67.2 Å². The molecule has 31 heavy (non-hydrogen) atoms. The lowest BCUT2D eigenvalue weighted by atomic mass is 9.85. The first-order valence-electron chi connectivity index (χ1n) is 11.0. The Balaban J connectivity index is 1.50. The molecule has 1 saturated heterocycles. The van der Waals surface area contributed by atoms with E-state index in [1.54, 1.807) is 11.0 Å².